The Hall–Kier alpha value is -2.62. The van der Waals surface area contributed by atoms with Gasteiger partial charge in [-0.3, -0.25) is 0 Å². The van der Waals surface area contributed by atoms with E-state index in [0.29, 0.717) is 6.54 Å². The first-order valence-corrected chi connectivity index (χ1v) is 6.80. The summed E-state index contributed by atoms with van der Waals surface area (Å²) in [6, 6.07) is 13.0. The summed E-state index contributed by atoms with van der Waals surface area (Å²) in [7, 11) is 0. The molecule has 3 aromatic rings. The molecule has 0 fully saturated rings. The summed E-state index contributed by atoms with van der Waals surface area (Å²) in [5, 5.41) is 3.27. The standard InChI is InChI=1S/C17H16FN3/c1-13-2-5-15(18)10-17(13)20-11-14-3-6-16(7-4-14)21-9-8-19-12-21/h2-10,12,20H,11H2,1H3. The van der Waals surface area contributed by atoms with Gasteiger partial charge in [-0.25, -0.2) is 9.37 Å². The Morgan fingerprint density at radius 2 is 1.95 bits per heavy atom. The fraction of sp³-hybridized carbons (Fsp3) is 0.118. The quantitative estimate of drug-likeness (QED) is 0.785. The highest BCUT2D eigenvalue weighted by molar-refractivity contribution is 5.51. The first kappa shape index (κ1) is 13.4. The van der Waals surface area contributed by atoms with Crippen molar-refractivity contribution in [2.45, 2.75) is 13.5 Å². The summed E-state index contributed by atoms with van der Waals surface area (Å²) in [5.74, 6) is -0.224. The number of imidazole rings is 1. The third-order valence-corrected chi connectivity index (χ3v) is 3.42. The van der Waals surface area contributed by atoms with E-state index in [-0.39, 0.29) is 5.82 Å². The zero-order valence-electron chi connectivity index (χ0n) is 11.8. The molecule has 0 saturated heterocycles. The summed E-state index contributed by atoms with van der Waals surface area (Å²) in [6.07, 6.45) is 5.43. The largest absolute Gasteiger partial charge is 0.381 e. The molecule has 1 N–H and O–H groups in total. The van der Waals surface area contributed by atoms with Crippen LogP contribution in [-0.4, -0.2) is 9.55 Å². The molecule has 0 aliphatic rings. The number of nitrogens with zero attached hydrogens (tertiary/aromatic N) is 2. The molecule has 0 atom stereocenters. The molecule has 0 spiro atoms. The van der Waals surface area contributed by atoms with Crippen molar-refractivity contribution in [2.75, 3.05) is 5.32 Å². The van der Waals surface area contributed by atoms with Crippen molar-refractivity contribution in [2.24, 2.45) is 0 Å². The van der Waals surface area contributed by atoms with E-state index in [1.807, 2.05) is 29.8 Å². The Morgan fingerprint density at radius 1 is 1.14 bits per heavy atom. The van der Waals surface area contributed by atoms with Gasteiger partial charge in [0.2, 0.25) is 0 Å². The van der Waals surface area contributed by atoms with Crippen LogP contribution >= 0.6 is 0 Å². The maximum atomic E-state index is 13.2. The molecule has 1 aromatic heterocycles. The third-order valence-electron chi connectivity index (χ3n) is 3.42. The van der Waals surface area contributed by atoms with Crippen molar-refractivity contribution in [3.63, 3.8) is 0 Å². The molecule has 1 heterocycles. The van der Waals surface area contributed by atoms with Crippen LogP contribution in [0.2, 0.25) is 0 Å². The van der Waals surface area contributed by atoms with Crippen molar-refractivity contribution in [3.05, 3.63) is 78.1 Å². The van der Waals surface area contributed by atoms with Gasteiger partial charge in [-0.15, -0.1) is 0 Å². The summed E-state index contributed by atoms with van der Waals surface area (Å²) in [6.45, 7) is 2.62. The Morgan fingerprint density at radius 3 is 2.67 bits per heavy atom. The fourth-order valence-corrected chi connectivity index (χ4v) is 2.18. The Kier molecular flexibility index (Phi) is 3.69. The van der Waals surface area contributed by atoms with Gasteiger partial charge in [-0.2, -0.15) is 0 Å². The van der Waals surface area contributed by atoms with Crippen LogP contribution in [0.1, 0.15) is 11.1 Å². The normalized spacial score (nSPS) is 10.6. The Labute approximate surface area is 123 Å². The van der Waals surface area contributed by atoms with E-state index in [4.69, 9.17) is 0 Å². The topological polar surface area (TPSA) is 29.9 Å². The van der Waals surface area contributed by atoms with Gasteiger partial charge in [-0.05, 0) is 42.3 Å². The molecular formula is C17H16FN3. The molecule has 0 bridgehead atoms. The van der Waals surface area contributed by atoms with Gasteiger partial charge in [0.1, 0.15) is 5.82 Å². The van der Waals surface area contributed by atoms with Crippen molar-refractivity contribution >= 4 is 5.69 Å². The second-order valence-electron chi connectivity index (χ2n) is 4.95. The van der Waals surface area contributed by atoms with Crippen molar-refractivity contribution in [1.29, 1.82) is 0 Å². The number of aryl methyl sites for hydroxylation is 1. The van der Waals surface area contributed by atoms with E-state index in [1.165, 1.54) is 12.1 Å². The van der Waals surface area contributed by atoms with E-state index in [0.717, 1.165) is 22.5 Å². The van der Waals surface area contributed by atoms with Crippen LogP contribution in [0, 0.1) is 12.7 Å². The summed E-state index contributed by atoms with van der Waals surface area (Å²) < 4.78 is 15.2. The average Bonchev–Trinajstić information content (AvgIpc) is 3.03. The summed E-state index contributed by atoms with van der Waals surface area (Å²) in [5.41, 5.74) is 4.07. The highest BCUT2D eigenvalue weighted by Gasteiger charge is 2.01. The number of hydrogen-bond donors (Lipinski definition) is 1. The second-order valence-corrected chi connectivity index (χ2v) is 4.95. The van der Waals surface area contributed by atoms with Crippen LogP contribution in [0.5, 0.6) is 0 Å². The van der Waals surface area contributed by atoms with Crippen LogP contribution in [0.25, 0.3) is 5.69 Å². The molecule has 21 heavy (non-hydrogen) atoms. The molecule has 0 unspecified atom stereocenters. The van der Waals surface area contributed by atoms with Gasteiger partial charge in [0.15, 0.2) is 0 Å². The maximum absolute atomic E-state index is 13.2. The SMILES string of the molecule is Cc1ccc(F)cc1NCc1ccc(-n2ccnc2)cc1. The average molecular weight is 281 g/mol. The fourth-order valence-electron chi connectivity index (χ4n) is 2.18. The molecule has 0 radical (unpaired) electrons. The lowest BCUT2D eigenvalue weighted by Gasteiger charge is -2.10. The lowest BCUT2D eigenvalue weighted by atomic mass is 10.1. The van der Waals surface area contributed by atoms with Gasteiger partial charge in [0.25, 0.3) is 0 Å². The smallest absolute Gasteiger partial charge is 0.125 e. The summed E-state index contributed by atoms with van der Waals surface area (Å²) >= 11 is 0. The number of anilines is 1. The van der Waals surface area contributed by atoms with E-state index in [9.17, 15) is 4.39 Å². The van der Waals surface area contributed by atoms with E-state index in [1.54, 1.807) is 18.6 Å². The minimum absolute atomic E-state index is 0.224. The second kappa shape index (κ2) is 5.79. The molecular weight excluding hydrogens is 265 g/mol. The van der Waals surface area contributed by atoms with Crippen LogP contribution in [-0.2, 0) is 6.54 Å². The minimum Gasteiger partial charge on any atom is -0.381 e. The number of aromatic nitrogens is 2. The van der Waals surface area contributed by atoms with Gasteiger partial charge >= 0.3 is 0 Å². The minimum atomic E-state index is -0.224. The molecule has 0 saturated carbocycles. The molecule has 0 aliphatic carbocycles. The zero-order valence-corrected chi connectivity index (χ0v) is 11.8. The first-order valence-electron chi connectivity index (χ1n) is 6.80. The lowest BCUT2D eigenvalue weighted by molar-refractivity contribution is 0.628. The molecule has 106 valence electrons. The predicted octanol–water partition coefficient (Wildman–Crippen LogP) is 3.93. The molecule has 3 nitrogen and oxygen atoms in total. The molecule has 4 heteroatoms. The summed E-state index contributed by atoms with van der Waals surface area (Å²) in [4.78, 5) is 4.03. The third kappa shape index (κ3) is 3.11. The number of halogens is 1. The molecule has 0 aliphatic heterocycles. The molecule has 3 rings (SSSR count). The number of hydrogen-bond acceptors (Lipinski definition) is 2. The molecule has 2 aromatic carbocycles. The first-order chi connectivity index (χ1) is 10.2. The van der Waals surface area contributed by atoms with E-state index >= 15 is 0 Å². The highest BCUT2D eigenvalue weighted by Crippen LogP contribution is 2.17. The lowest BCUT2D eigenvalue weighted by Crippen LogP contribution is -2.01. The van der Waals surface area contributed by atoms with Gasteiger partial charge < -0.3 is 9.88 Å². The van der Waals surface area contributed by atoms with Gasteiger partial charge in [0.05, 0.1) is 6.33 Å². The zero-order chi connectivity index (χ0) is 14.7. The monoisotopic (exact) mass is 281 g/mol. The Bertz CT molecular complexity index is 718. The van der Waals surface area contributed by atoms with Crippen LogP contribution in [0.4, 0.5) is 10.1 Å². The van der Waals surface area contributed by atoms with Crippen molar-refractivity contribution in [3.8, 4) is 5.69 Å². The van der Waals surface area contributed by atoms with Gasteiger partial charge in [-0.1, -0.05) is 18.2 Å². The van der Waals surface area contributed by atoms with Crippen molar-refractivity contribution in [1.82, 2.24) is 9.55 Å². The van der Waals surface area contributed by atoms with Crippen LogP contribution in [0.3, 0.4) is 0 Å². The Balaban J connectivity index is 1.70. The number of benzene rings is 2. The number of rotatable bonds is 4. The van der Waals surface area contributed by atoms with Gasteiger partial charge in [0, 0.05) is 30.3 Å². The van der Waals surface area contributed by atoms with Crippen molar-refractivity contribution < 1.29 is 4.39 Å². The molecule has 0 amide bonds. The highest BCUT2D eigenvalue weighted by atomic mass is 19.1. The maximum Gasteiger partial charge on any atom is 0.125 e. The number of nitrogens with one attached hydrogen (secondary N) is 1. The predicted molar refractivity (Wildman–Crippen MR) is 82.0 cm³/mol. The van der Waals surface area contributed by atoms with Crippen LogP contribution in [0.15, 0.2) is 61.2 Å². The van der Waals surface area contributed by atoms with E-state index in [2.05, 4.69) is 22.4 Å². The van der Waals surface area contributed by atoms with E-state index < -0.39 is 0 Å². The van der Waals surface area contributed by atoms with Crippen LogP contribution < -0.4 is 5.32 Å².